The number of aromatic amines is 2. The van der Waals surface area contributed by atoms with Crippen LogP contribution in [-0.4, -0.2) is 146 Å². The van der Waals surface area contributed by atoms with Crippen molar-refractivity contribution in [3.05, 3.63) is 90.1 Å². The minimum absolute atomic E-state index is 0.0608. The van der Waals surface area contributed by atoms with Crippen LogP contribution in [0, 0.1) is 29.6 Å². The van der Waals surface area contributed by atoms with E-state index >= 15 is 0 Å². The van der Waals surface area contributed by atoms with Crippen molar-refractivity contribution in [3.63, 3.8) is 0 Å². The molecule has 25 nitrogen and oxygen atoms in total. The summed E-state index contributed by atoms with van der Waals surface area (Å²) < 4.78 is 0. The van der Waals surface area contributed by atoms with Crippen LogP contribution in [0.1, 0.15) is 144 Å². The van der Waals surface area contributed by atoms with E-state index in [-0.39, 0.29) is 81.1 Å². The van der Waals surface area contributed by atoms with Crippen LogP contribution in [0.3, 0.4) is 0 Å². The Bertz CT molecular complexity index is 2970. The smallest absolute Gasteiger partial charge is 0.326 e. The summed E-state index contributed by atoms with van der Waals surface area (Å²) in [6, 6.07) is 4.05. The van der Waals surface area contributed by atoms with Gasteiger partial charge in [0.1, 0.15) is 54.4 Å². The number of nitrogens with one attached hydrogen (secondary N) is 11. The summed E-state index contributed by atoms with van der Waals surface area (Å²) in [4.78, 5) is 151. The largest absolute Gasteiger partial charge is 0.480 e. The Labute approximate surface area is 528 Å². The number of benzene rings is 2. The lowest BCUT2D eigenvalue weighted by molar-refractivity contribution is -0.142. The predicted molar refractivity (Wildman–Crippen MR) is 343 cm³/mol. The fraction of sp³-hybridized carbons (Fsp3) is 0.585. The summed E-state index contributed by atoms with van der Waals surface area (Å²) in [6.07, 6.45) is 6.49. The SMILES string of the molecule is CC[C@H](C)[C@H](NC(=O)[C@@H](N)CC(C)C)C(=O)N[C@@H](CC(C)C)C(=O)N[C@@H](C)C(=O)N[C@@H](CCCCN)C(=O)N[C@@H](Cc1ccccc1)C(=O)N[C@@H](CC(C)C)C(=O)N[C@@H](Cc1cnc[nH]1)C(=O)N[C@@H](Cc1c[nH]c2ccccc12)C(=O)N[C@@H](CC(C)C)C(=O)O. The molecular weight excluding hydrogens is 1150 g/mol. The van der Waals surface area contributed by atoms with Crippen molar-refractivity contribution in [1.29, 1.82) is 0 Å². The number of hydrogen-bond acceptors (Lipinski definition) is 13. The molecule has 0 aliphatic carbocycles. The van der Waals surface area contributed by atoms with Crippen LogP contribution in [0.15, 0.2) is 73.3 Å². The molecule has 0 bridgehead atoms. The lowest BCUT2D eigenvalue weighted by atomic mass is 9.95. The van der Waals surface area contributed by atoms with Crippen LogP contribution in [0.5, 0.6) is 0 Å². The first-order chi connectivity index (χ1) is 42.6. The highest BCUT2D eigenvalue weighted by Gasteiger charge is 2.37. The van der Waals surface area contributed by atoms with Gasteiger partial charge in [0.25, 0.3) is 0 Å². The number of carboxylic acid groups (broad SMARTS) is 1. The maximum atomic E-state index is 14.8. The second kappa shape index (κ2) is 37.1. The number of fused-ring (bicyclic) bond motifs is 1. The maximum Gasteiger partial charge on any atom is 0.326 e. The number of rotatable bonds is 39. The van der Waals surface area contributed by atoms with Gasteiger partial charge >= 0.3 is 5.97 Å². The number of nitrogens with zero attached hydrogens (tertiary/aromatic N) is 1. The molecular formula is C65H100N14O11. The number of carbonyl (C=O) groups excluding carboxylic acids is 9. The van der Waals surface area contributed by atoms with Crippen LogP contribution in [0.2, 0.25) is 0 Å². The van der Waals surface area contributed by atoms with Crippen molar-refractivity contribution < 1.29 is 53.1 Å². The number of nitrogens with two attached hydrogens (primary N) is 2. The Morgan fingerprint density at radius 3 is 1.52 bits per heavy atom. The van der Waals surface area contributed by atoms with E-state index in [1.807, 2.05) is 86.6 Å². The van der Waals surface area contributed by atoms with Crippen LogP contribution in [0.4, 0.5) is 0 Å². The van der Waals surface area contributed by atoms with E-state index in [9.17, 15) is 53.1 Å². The van der Waals surface area contributed by atoms with Crippen LogP contribution in [-0.2, 0) is 67.2 Å². The molecule has 25 heteroatoms. The average molecular weight is 1250 g/mol. The number of carboxylic acids is 1. The third-order valence-electron chi connectivity index (χ3n) is 15.4. The molecule has 2 heterocycles. The topological polar surface area (TPSA) is 396 Å². The standard InChI is InChI=1S/C65H100N14O11/c1-12-40(10)55(79-57(81)46(67)26-36(2)3)64(88)77-49(27-37(4)5)59(83)71-41(11)56(80)72-48(24-18-19-25-66)58(82)74-51(30-42-20-14-13-15-21-42)61(85)73-50(28-38(6)7)60(84)76-53(32-44-34-68-35-70-44)63(87)75-52(62(86)78-54(65(89)90)29-39(8)9)31-43-33-69-47-23-17-16-22-45(43)47/h13-17,20-23,33-41,46,48-55,69H,12,18-19,24-32,66-67H2,1-11H3,(H,68,70)(H,71,83)(H,72,80)(H,73,85)(H,74,82)(H,75,87)(H,76,84)(H,77,88)(H,78,86)(H,79,81)(H,89,90)/t40-,41-,46-,48-,49-,50-,51-,52-,53-,54-,55-/m0/s1. The van der Waals surface area contributed by atoms with E-state index in [0.717, 1.165) is 10.9 Å². The molecule has 4 rings (SSSR count). The second-order valence-corrected chi connectivity index (χ2v) is 25.3. The number of unbranched alkanes of at least 4 members (excludes halogenated alkanes) is 1. The fourth-order valence-corrected chi connectivity index (χ4v) is 10.4. The molecule has 0 aliphatic rings. The number of H-pyrrole nitrogens is 2. The molecule has 0 radical (unpaired) electrons. The number of aliphatic carboxylic acids is 1. The summed E-state index contributed by atoms with van der Waals surface area (Å²) in [5, 5.41) is 35.7. The van der Waals surface area contributed by atoms with Gasteiger partial charge in [-0.3, -0.25) is 43.2 Å². The number of imidazole rings is 1. The number of para-hydroxylation sites is 1. The molecule has 4 aromatic rings. The van der Waals surface area contributed by atoms with E-state index in [1.54, 1.807) is 43.5 Å². The van der Waals surface area contributed by atoms with Gasteiger partial charge in [0.15, 0.2) is 0 Å². The average Bonchev–Trinajstić information content (AvgIpc) is 1.93. The Balaban J connectivity index is 1.60. The first kappa shape index (κ1) is 74.3. The van der Waals surface area contributed by atoms with Crippen molar-refractivity contribution in [1.82, 2.24) is 62.8 Å². The number of aromatic nitrogens is 3. The van der Waals surface area contributed by atoms with E-state index < -0.39 is 120 Å². The lowest BCUT2D eigenvalue weighted by Crippen LogP contribution is -2.61. The van der Waals surface area contributed by atoms with Gasteiger partial charge in [-0.15, -0.1) is 0 Å². The van der Waals surface area contributed by atoms with E-state index in [1.165, 1.54) is 19.4 Å². The highest BCUT2D eigenvalue weighted by atomic mass is 16.4. The first-order valence-electron chi connectivity index (χ1n) is 31.6. The van der Waals surface area contributed by atoms with Gasteiger partial charge in [-0.05, 0) is 105 Å². The zero-order valence-electron chi connectivity index (χ0n) is 54.2. The lowest BCUT2D eigenvalue weighted by Gasteiger charge is -2.29. The minimum Gasteiger partial charge on any atom is -0.480 e. The van der Waals surface area contributed by atoms with Crippen molar-refractivity contribution in [2.24, 2.45) is 41.1 Å². The molecule has 0 aliphatic heterocycles. The van der Waals surface area contributed by atoms with E-state index in [0.29, 0.717) is 42.5 Å². The van der Waals surface area contributed by atoms with Crippen molar-refractivity contribution >= 4 is 70.0 Å². The quantitative estimate of drug-likeness (QED) is 0.0286. The number of amides is 9. The van der Waals surface area contributed by atoms with E-state index in [4.69, 9.17) is 11.5 Å². The summed E-state index contributed by atoms with van der Waals surface area (Å²) >= 11 is 0. The van der Waals surface area contributed by atoms with Gasteiger partial charge in [0.2, 0.25) is 53.2 Å². The minimum atomic E-state index is -1.39. The first-order valence-corrected chi connectivity index (χ1v) is 31.6. The molecule has 0 saturated carbocycles. The highest BCUT2D eigenvalue weighted by molar-refractivity contribution is 5.99. The summed E-state index contributed by atoms with van der Waals surface area (Å²) in [5.41, 5.74) is 14.5. The highest BCUT2D eigenvalue weighted by Crippen LogP contribution is 2.21. The third-order valence-corrected chi connectivity index (χ3v) is 15.4. The van der Waals surface area contributed by atoms with Crippen LogP contribution >= 0.6 is 0 Å². The van der Waals surface area contributed by atoms with Gasteiger partial charge in [-0.1, -0.05) is 124 Å². The Kier molecular flexibility index (Phi) is 30.6. The molecule has 2 aromatic carbocycles. The second-order valence-electron chi connectivity index (χ2n) is 25.3. The summed E-state index contributed by atoms with van der Waals surface area (Å²) in [5.74, 6) is -8.22. The molecule has 16 N–H and O–H groups in total. The van der Waals surface area contributed by atoms with Gasteiger partial charge in [-0.2, -0.15) is 0 Å². The van der Waals surface area contributed by atoms with Gasteiger partial charge in [-0.25, -0.2) is 9.78 Å². The van der Waals surface area contributed by atoms with Crippen molar-refractivity contribution in [2.75, 3.05) is 6.54 Å². The molecule has 0 spiro atoms. The molecule has 11 atom stereocenters. The Morgan fingerprint density at radius 2 is 0.978 bits per heavy atom. The summed E-state index contributed by atoms with van der Waals surface area (Å²) in [7, 11) is 0. The molecule has 0 fully saturated rings. The third kappa shape index (κ3) is 24.6. The van der Waals surface area contributed by atoms with Gasteiger partial charge in [0, 0.05) is 48.3 Å². The summed E-state index contributed by atoms with van der Waals surface area (Å²) in [6.45, 7) is 20.3. The van der Waals surface area contributed by atoms with Gasteiger partial charge in [0.05, 0.1) is 12.4 Å². The Morgan fingerprint density at radius 1 is 0.500 bits per heavy atom. The van der Waals surface area contributed by atoms with Crippen molar-refractivity contribution in [2.45, 2.75) is 207 Å². The van der Waals surface area contributed by atoms with Crippen LogP contribution < -0.4 is 59.3 Å². The van der Waals surface area contributed by atoms with Crippen LogP contribution in [0.25, 0.3) is 10.9 Å². The molecule has 0 saturated heterocycles. The molecule has 90 heavy (non-hydrogen) atoms. The number of carbonyl (C=O) groups is 10. The predicted octanol–water partition coefficient (Wildman–Crippen LogP) is 3.07. The maximum absolute atomic E-state index is 14.8. The molecule has 0 unspecified atom stereocenters. The monoisotopic (exact) mass is 1250 g/mol. The number of hydrogen-bond donors (Lipinski definition) is 14. The molecule has 9 amide bonds. The zero-order valence-corrected chi connectivity index (χ0v) is 54.2. The Hall–Kier alpha value is -8.19. The fourth-order valence-electron chi connectivity index (χ4n) is 10.4. The normalized spacial score (nSPS) is 15.2. The van der Waals surface area contributed by atoms with Crippen molar-refractivity contribution in [3.8, 4) is 0 Å². The molecule has 2 aromatic heterocycles. The molecule has 496 valence electrons. The van der Waals surface area contributed by atoms with E-state index in [2.05, 4.69) is 62.8 Å². The zero-order chi connectivity index (χ0) is 66.8. The van der Waals surface area contributed by atoms with Gasteiger partial charge < -0.3 is 74.4 Å².